The van der Waals surface area contributed by atoms with Crippen LogP contribution in [0.15, 0.2) is 98.8 Å². The minimum absolute atomic E-state index is 0.0713. The number of nitrogens with zero attached hydrogens (tertiary/aromatic N) is 2. The molecular formula is C26H15ClN2O7. The number of fused-ring (bicyclic) bond motifs is 6. The Kier molecular flexibility index (Phi) is 5.01. The highest BCUT2D eigenvalue weighted by Crippen LogP contribution is 2.51. The molecule has 1 aliphatic carbocycles. The molecule has 0 fully saturated rings. The van der Waals surface area contributed by atoms with E-state index < -0.39 is 28.3 Å². The zero-order valence-corrected chi connectivity index (χ0v) is 19.0. The van der Waals surface area contributed by atoms with E-state index in [2.05, 4.69) is 0 Å². The Morgan fingerprint density at radius 2 is 1.69 bits per heavy atom. The number of nitro groups is 1. The molecule has 1 aliphatic heterocycles. The molecule has 0 radical (unpaired) electrons. The molecule has 0 saturated heterocycles. The minimum Gasteiger partial charge on any atom is -0.456 e. The van der Waals surface area contributed by atoms with Gasteiger partial charge < -0.3 is 13.9 Å². The largest absolute Gasteiger partial charge is 0.456 e. The summed E-state index contributed by atoms with van der Waals surface area (Å²) in [5, 5.41) is 11.4. The van der Waals surface area contributed by atoms with Crippen LogP contribution in [0, 0.1) is 10.1 Å². The normalized spacial score (nSPS) is 17.3. The molecule has 36 heavy (non-hydrogen) atoms. The SMILES string of the molecule is O=c1oc2c(c(=O)n1-c1ccc(Cl)cc1)C1C=C(Oc3ccc([N+](=O)[O-])cc3)OC1c1ccccc1-2. The summed E-state index contributed by atoms with van der Waals surface area (Å²) in [5.41, 5.74) is 1.29. The van der Waals surface area contributed by atoms with Crippen molar-refractivity contribution in [2.45, 2.75) is 12.0 Å². The molecule has 0 N–H and O–H groups in total. The molecule has 0 saturated carbocycles. The number of halogens is 1. The molecule has 6 rings (SSSR count). The van der Waals surface area contributed by atoms with Gasteiger partial charge in [-0.1, -0.05) is 35.9 Å². The third-order valence-corrected chi connectivity index (χ3v) is 6.38. The van der Waals surface area contributed by atoms with Gasteiger partial charge in [-0.2, -0.15) is 0 Å². The molecule has 2 unspecified atom stereocenters. The van der Waals surface area contributed by atoms with E-state index in [0.717, 1.165) is 10.1 Å². The first-order valence-corrected chi connectivity index (χ1v) is 11.2. The summed E-state index contributed by atoms with van der Waals surface area (Å²) in [5.74, 6) is -0.774. The van der Waals surface area contributed by atoms with E-state index in [-0.39, 0.29) is 23.0 Å². The Hall–Kier alpha value is -4.63. The molecule has 0 bridgehead atoms. The molecule has 10 heteroatoms. The number of benzene rings is 3. The molecule has 2 heterocycles. The molecule has 178 valence electrons. The number of hydrogen-bond donors (Lipinski definition) is 0. The van der Waals surface area contributed by atoms with Crippen LogP contribution in [0.2, 0.25) is 5.02 Å². The highest BCUT2D eigenvalue weighted by Gasteiger charge is 2.43. The van der Waals surface area contributed by atoms with Gasteiger partial charge in [0.05, 0.1) is 22.1 Å². The van der Waals surface area contributed by atoms with Gasteiger partial charge in [0.15, 0.2) is 0 Å². The van der Waals surface area contributed by atoms with Gasteiger partial charge in [-0.3, -0.25) is 14.9 Å². The van der Waals surface area contributed by atoms with Crippen molar-refractivity contribution in [2.75, 3.05) is 0 Å². The van der Waals surface area contributed by atoms with Gasteiger partial charge in [0.25, 0.3) is 17.2 Å². The fourth-order valence-corrected chi connectivity index (χ4v) is 4.65. The molecule has 9 nitrogen and oxygen atoms in total. The summed E-state index contributed by atoms with van der Waals surface area (Å²) in [6, 6.07) is 19.0. The second kappa shape index (κ2) is 8.24. The number of aromatic nitrogens is 1. The van der Waals surface area contributed by atoms with Crippen molar-refractivity contribution in [1.82, 2.24) is 4.57 Å². The molecule has 1 aromatic heterocycles. The average molecular weight is 503 g/mol. The van der Waals surface area contributed by atoms with E-state index in [1.54, 1.807) is 42.5 Å². The summed E-state index contributed by atoms with van der Waals surface area (Å²) < 4.78 is 18.6. The number of non-ortho nitro benzene ring substituents is 1. The molecule has 0 amide bonds. The minimum atomic E-state index is -0.820. The van der Waals surface area contributed by atoms with Crippen molar-refractivity contribution in [2.24, 2.45) is 0 Å². The predicted molar refractivity (Wildman–Crippen MR) is 129 cm³/mol. The van der Waals surface area contributed by atoms with Gasteiger partial charge >= 0.3 is 5.76 Å². The van der Waals surface area contributed by atoms with Crippen molar-refractivity contribution >= 4 is 17.3 Å². The van der Waals surface area contributed by atoms with E-state index in [9.17, 15) is 19.7 Å². The van der Waals surface area contributed by atoms with Gasteiger partial charge in [0.1, 0.15) is 17.6 Å². The van der Waals surface area contributed by atoms with Crippen LogP contribution in [0.4, 0.5) is 5.69 Å². The van der Waals surface area contributed by atoms with Crippen LogP contribution >= 0.6 is 11.6 Å². The maximum absolute atomic E-state index is 13.7. The van der Waals surface area contributed by atoms with Gasteiger partial charge in [-0.25, -0.2) is 9.36 Å². The first-order chi connectivity index (χ1) is 17.4. The van der Waals surface area contributed by atoms with Gasteiger partial charge in [0, 0.05) is 34.4 Å². The van der Waals surface area contributed by atoms with E-state index in [1.807, 2.05) is 12.1 Å². The second-order valence-corrected chi connectivity index (χ2v) is 8.65. The van der Waals surface area contributed by atoms with Crippen molar-refractivity contribution in [1.29, 1.82) is 0 Å². The topological polar surface area (TPSA) is 114 Å². The fraction of sp³-hybridized carbons (Fsp3) is 0.0769. The molecule has 4 aromatic rings. The molecule has 2 atom stereocenters. The maximum Gasteiger partial charge on any atom is 0.426 e. The molecule has 2 aliphatic rings. The number of ether oxygens (including phenoxy) is 2. The van der Waals surface area contributed by atoms with E-state index in [0.29, 0.717) is 22.0 Å². The smallest absolute Gasteiger partial charge is 0.426 e. The first kappa shape index (κ1) is 21.9. The Morgan fingerprint density at radius 1 is 0.972 bits per heavy atom. The van der Waals surface area contributed by atoms with Gasteiger partial charge in [0.2, 0.25) is 0 Å². The zero-order valence-electron chi connectivity index (χ0n) is 18.3. The fourth-order valence-electron chi connectivity index (χ4n) is 4.52. The van der Waals surface area contributed by atoms with Gasteiger partial charge in [-0.05, 0) is 36.4 Å². The van der Waals surface area contributed by atoms with Crippen LogP contribution in [0.3, 0.4) is 0 Å². The van der Waals surface area contributed by atoms with Crippen LogP contribution < -0.4 is 16.1 Å². The van der Waals surface area contributed by atoms with Crippen molar-refractivity contribution < 1.29 is 18.8 Å². The monoisotopic (exact) mass is 502 g/mol. The zero-order chi connectivity index (χ0) is 25.0. The Morgan fingerprint density at radius 3 is 2.42 bits per heavy atom. The quantitative estimate of drug-likeness (QED) is 0.281. The van der Waals surface area contributed by atoms with Crippen LogP contribution in [0.1, 0.15) is 23.1 Å². The lowest BCUT2D eigenvalue weighted by Gasteiger charge is -2.27. The van der Waals surface area contributed by atoms with Crippen LogP contribution in [0.25, 0.3) is 17.0 Å². The Balaban J connectivity index is 1.48. The first-order valence-electron chi connectivity index (χ1n) is 10.9. The highest BCUT2D eigenvalue weighted by molar-refractivity contribution is 6.30. The molecule has 0 spiro atoms. The second-order valence-electron chi connectivity index (χ2n) is 8.22. The van der Waals surface area contributed by atoms with Crippen molar-refractivity contribution in [3.05, 3.63) is 132 Å². The summed E-state index contributed by atoms with van der Waals surface area (Å²) in [6.45, 7) is 0. The average Bonchev–Trinajstić information content (AvgIpc) is 3.29. The standard InChI is InChI=1S/C26H15ClN2O7/c27-14-5-7-15(8-6-14)28-25(30)22-20-13-21(34-17-11-9-16(10-12-17)29(32)33)35-23(20)18-3-1-2-4-19(18)24(22)36-26(28)31/h1-13,20,23H. The lowest BCUT2D eigenvalue weighted by Crippen LogP contribution is -2.36. The number of nitro benzene ring substituents is 1. The molecular weight excluding hydrogens is 488 g/mol. The van der Waals surface area contributed by atoms with Crippen molar-refractivity contribution in [3.8, 4) is 22.8 Å². The summed E-state index contributed by atoms with van der Waals surface area (Å²) >= 11 is 5.97. The number of rotatable bonds is 4. The van der Waals surface area contributed by atoms with E-state index in [4.69, 9.17) is 25.5 Å². The predicted octanol–water partition coefficient (Wildman–Crippen LogP) is 5.11. The Labute approximate surface area is 207 Å². The van der Waals surface area contributed by atoms with Crippen LogP contribution in [0.5, 0.6) is 5.75 Å². The van der Waals surface area contributed by atoms with Crippen molar-refractivity contribution in [3.63, 3.8) is 0 Å². The third-order valence-electron chi connectivity index (χ3n) is 6.13. The number of hydrogen-bond acceptors (Lipinski definition) is 7. The van der Waals surface area contributed by atoms with Gasteiger partial charge in [-0.15, -0.1) is 0 Å². The highest BCUT2D eigenvalue weighted by atomic mass is 35.5. The third kappa shape index (κ3) is 3.48. The van der Waals surface area contributed by atoms with E-state index in [1.165, 1.54) is 24.3 Å². The Bertz CT molecular complexity index is 1670. The maximum atomic E-state index is 13.7. The molecule has 3 aromatic carbocycles. The van der Waals surface area contributed by atoms with Crippen LogP contribution in [-0.4, -0.2) is 9.49 Å². The summed E-state index contributed by atoms with van der Waals surface area (Å²) in [4.78, 5) is 37.1. The summed E-state index contributed by atoms with van der Waals surface area (Å²) in [6.07, 6.45) is 1.05. The van der Waals surface area contributed by atoms with E-state index >= 15 is 0 Å². The van der Waals surface area contributed by atoms with Crippen LogP contribution in [-0.2, 0) is 4.74 Å². The lowest BCUT2D eigenvalue weighted by atomic mass is 9.81. The summed E-state index contributed by atoms with van der Waals surface area (Å²) in [7, 11) is 0. The lowest BCUT2D eigenvalue weighted by molar-refractivity contribution is -0.384.